The lowest BCUT2D eigenvalue weighted by molar-refractivity contribution is -0.170. The maximum Gasteiger partial charge on any atom is 0.481 e. The third kappa shape index (κ3) is 8.12. The standard InChI is InChI=1S/C10H15N5O11P2.C7H12O5/c11-10-13-7-4(8(18)14-10)12-2-15(7)9-6(17)5(16)3(25-9)1-24-28(22,23)26-27(19,20)21;1-4(2)7(12,6(10)11)3-5(8)9/h2-3,5-6,9,16-17H,1H2,(H,22,23)(H2,19,20,21)(H3,11,13,14,18);4,12H,3H2,1-2H3,(H,8,9)(H,10,11)/t3-,5-,6-,9-;7-/m10/s1. The quantitative estimate of drug-likeness (QED) is 0.123. The number of aromatic nitrogens is 4. The second-order valence-corrected chi connectivity index (χ2v) is 11.4. The van der Waals surface area contributed by atoms with Crippen LogP contribution in [0.3, 0.4) is 0 Å². The number of nitrogens with zero attached hydrogens (tertiary/aromatic N) is 3. The van der Waals surface area contributed by atoms with Crippen LogP contribution in [0.2, 0.25) is 0 Å². The van der Waals surface area contributed by atoms with Crippen LogP contribution in [-0.4, -0.2) is 102 Å². The molecule has 0 radical (unpaired) electrons. The topological polar surface area (TPSA) is 347 Å². The second-order valence-electron chi connectivity index (χ2n) is 8.61. The highest BCUT2D eigenvalue weighted by Gasteiger charge is 2.46. The Morgan fingerprint density at radius 1 is 1.23 bits per heavy atom. The Morgan fingerprint density at radius 3 is 2.30 bits per heavy atom. The SMILES string of the molecule is CC(C)[C@@](O)(CC(=O)O)C(=O)O.Nc1nc2c(ncn2[C@@H]2O[C@H](COP(=O)(O)OP(=O)(O)O)[C@@H](O)[C@H]2O)c(=O)[nH]1. The van der Waals surface area contributed by atoms with Gasteiger partial charge in [-0.15, -0.1) is 0 Å². The normalized spacial score (nSPS) is 24.2. The van der Waals surface area contributed by atoms with E-state index in [2.05, 4.69) is 23.8 Å². The number of nitrogens with two attached hydrogens (primary N) is 1. The fourth-order valence-electron chi connectivity index (χ4n) is 3.31. The summed E-state index contributed by atoms with van der Waals surface area (Å²) in [6.07, 6.45) is -5.66. The van der Waals surface area contributed by atoms with E-state index in [9.17, 15) is 43.7 Å². The number of nitrogens with one attached hydrogen (secondary N) is 1. The van der Waals surface area contributed by atoms with Crippen LogP contribution in [0.1, 0.15) is 26.5 Å². The van der Waals surface area contributed by atoms with Gasteiger partial charge in [-0.1, -0.05) is 13.8 Å². The van der Waals surface area contributed by atoms with Crippen LogP contribution in [0.5, 0.6) is 0 Å². The fraction of sp³-hybridized carbons (Fsp3) is 0.588. The molecular formula is C17H27N5O16P2. The molecule has 226 valence electrons. The molecule has 6 atom stereocenters. The first-order valence-electron chi connectivity index (χ1n) is 10.8. The van der Waals surface area contributed by atoms with Crippen molar-refractivity contribution in [1.29, 1.82) is 0 Å². The van der Waals surface area contributed by atoms with E-state index in [1.807, 2.05) is 0 Å². The van der Waals surface area contributed by atoms with Gasteiger partial charge in [-0.2, -0.15) is 9.29 Å². The predicted octanol–water partition coefficient (Wildman–Crippen LogP) is -2.52. The number of hydrogen-bond acceptors (Lipinski definition) is 14. The fourth-order valence-corrected chi connectivity index (χ4v) is 4.91. The van der Waals surface area contributed by atoms with Crippen molar-refractivity contribution in [3.8, 4) is 0 Å². The van der Waals surface area contributed by atoms with Gasteiger partial charge in [0.2, 0.25) is 5.95 Å². The summed E-state index contributed by atoms with van der Waals surface area (Å²) in [6.45, 7) is 2.04. The predicted molar refractivity (Wildman–Crippen MR) is 127 cm³/mol. The summed E-state index contributed by atoms with van der Waals surface area (Å²) in [5, 5.41) is 46.5. The van der Waals surface area contributed by atoms with E-state index < -0.39 is 82.2 Å². The molecular weight excluding hydrogens is 592 g/mol. The van der Waals surface area contributed by atoms with Crippen molar-refractivity contribution in [3.63, 3.8) is 0 Å². The van der Waals surface area contributed by atoms with E-state index in [0.717, 1.165) is 10.9 Å². The minimum atomic E-state index is -5.32. The largest absolute Gasteiger partial charge is 0.481 e. The summed E-state index contributed by atoms with van der Waals surface area (Å²) in [7, 11) is -10.5. The third-order valence-electron chi connectivity index (χ3n) is 5.42. The molecule has 1 aliphatic rings. The van der Waals surface area contributed by atoms with E-state index >= 15 is 0 Å². The van der Waals surface area contributed by atoms with Crippen molar-refractivity contribution < 1.29 is 72.5 Å². The van der Waals surface area contributed by atoms with Crippen LogP contribution in [0.15, 0.2) is 11.1 Å². The smallest absolute Gasteiger partial charge is 0.481 e. The molecule has 1 aliphatic heterocycles. The first-order valence-corrected chi connectivity index (χ1v) is 13.9. The van der Waals surface area contributed by atoms with E-state index in [-0.39, 0.29) is 17.1 Å². The van der Waals surface area contributed by atoms with Gasteiger partial charge >= 0.3 is 27.6 Å². The summed E-state index contributed by atoms with van der Waals surface area (Å²) in [5.74, 6) is -3.69. The highest BCUT2D eigenvalue weighted by atomic mass is 31.3. The van der Waals surface area contributed by atoms with Gasteiger partial charge in [0.15, 0.2) is 23.0 Å². The molecule has 0 spiro atoms. The van der Waals surface area contributed by atoms with Crippen LogP contribution in [-0.2, 0) is 32.3 Å². The van der Waals surface area contributed by atoms with Crippen LogP contribution >= 0.6 is 15.6 Å². The number of phosphoric acid groups is 2. The molecule has 1 saturated heterocycles. The van der Waals surface area contributed by atoms with Crippen molar-refractivity contribution in [2.45, 2.75) is 50.4 Å². The highest BCUT2D eigenvalue weighted by Crippen LogP contribution is 2.57. The molecule has 0 saturated carbocycles. The monoisotopic (exact) mass is 619 g/mol. The second kappa shape index (κ2) is 12.4. The number of aliphatic carboxylic acids is 2. The van der Waals surface area contributed by atoms with Crippen LogP contribution in [0.25, 0.3) is 11.2 Å². The molecule has 0 aliphatic carbocycles. The van der Waals surface area contributed by atoms with Gasteiger partial charge in [-0.3, -0.25) is 23.7 Å². The lowest BCUT2D eigenvalue weighted by Gasteiger charge is -2.25. The number of carbonyl (C=O) groups is 2. The number of anilines is 1. The molecule has 3 rings (SSSR count). The number of aliphatic hydroxyl groups excluding tert-OH is 2. The Balaban J connectivity index is 0.000000395. The summed E-state index contributed by atoms with van der Waals surface area (Å²) in [6, 6.07) is 0. The number of fused-ring (bicyclic) bond motifs is 1. The van der Waals surface area contributed by atoms with Gasteiger partial charge < -0.3 is 50.7 Å². The van der Waals surface area contributed by atoms with E-state index in [0.29, 0.717) is 0 Å². The van der Waals surface area contributed by atoms with Gasteiger partial charge in [-0.25, -0.2) is 18.9 Å². The van der Waals surface area contributed by atoms with E-state index in [1.54, 1.807) is 0 Å². The zero-order chi connectivity index (χ0) is 30.8. The number of nitrogen functional groups attached to an aromatic ring is 1. The van der Waals surface area contributed by atoms with Gasteiger partial charge in [0.25, 0.3) is 5.56 Å². The molecule has 0 bridgehead atoms. The van der Waals surface area contributed by atoms with Crippen molar-refractivity contribution >= 4 is 44.7 Å². The number of carboxylic acid groups (broad SMARTS) is 2. The summed E-state index contributed by atoms with van der Waals surface area (Å²) < 4.78 is 36.6. The average molecular weight is 619 g/mol. The summed E-state index contributed by atoms with van der Waals surface area (Å²) >= 11 is 0. The molecule has 0 aromatic carbocycles. The molecule has 2 aromatic rings. The molecule has 40 heavy (non-hydrogen) atoms. The van der Waals surface area contributed by atoms with Gasteiger partial charge in [0.1, 0.15) is 18.3 Å². The van der Waals surface area contributed by atoms with Crippen molar-refractivity contribution in [3.05, 3.63) is 16.7 Å². The van der Waals surface area contributed by atoms with Crippen LogP contribution in [0.4, 0.5) is 5.95 Å². The number of phosphoric ester groups is 1. The number of imidazole rings is 1. The minimum Gasteiger partial charge on any atom is -0.481 e. The van der Waals surface area contributed by atoms with Crippen LogP contribution < -0.4 is 11.3 Å². The number of aromatic amines is 1. The summed E-state index contributed by atoms with van der Waals surface area (Å²) in [5.41, 5.74) is 2.49. The molecule has 11 N–H and O–H groups in total. The summed E-state index contributed by atoms with van der Waals surface area (Å²) in [4.78, 5) is 68.8. The van der Waals surface area contributed by atoms with Crippen molar-refractivity contribution in [2.75, 3.05) is 12.3 Å². The highest BCUT2D eigenvalue weighted by molar-refractivity contribution is 7.60. The van der Waals surface area contributed by atoms with Crippen molar-refractivity contribution in [2.24, 2.45) is 5.92 Å². The van der Waals surface area contributed by atoms with Gasteiger partial charge in [0.05, 0.1) is 19.4 Å². The Hall–Kier alpha value is -2.81. The Kier molecular flexibility index (Phi) is 10.3. The zero-order valence-corrected chi connectivity index (χ0v) is 22.3. The molecule has 2 aromatic heterocycles. The Morgan fingerprint density at radius 2 is 1.82 bits per heavy atom. The molecule has 23 heteroatoms. The van der Waals surface area contributed by atoms with Gasteiger partial charge in [0, 0.05) is 0 Å². The number of aliphatic hydroxyl groups is 3. The van der Waals surface area contributed by atoms with E-state index in [1.165, 1.54) is 13.8 Å². The minimum absolute atomic E-state index is 0.0586. The number of rotatable bonds is 10. The molecule has 1 fully saturated rings. The maximum absolute atomic E-state index is 11.8. The molecule has 1 unspecified atom stereocenters. The molecule has 21 nitrogen and oxygen atoms in total. The zero-order valence-electron chi connectivity index (χ0n) is 20.5. The lowest BCUT2D eigenvalue weighted by atomic mass is 9.87. The average Bonchev–Trinajstić information content (AvgIpc) is 3.31. The lowest BCUT2D eigenvalue weighted by Crippen LogP contribution is -2.45. The number of carboxylic acids is 2. The third-order valence-corrected chi connectivity index (χ3v) is 7.57. The number of hydrogen-bond donors (Lipinski definition) is 10. The molecule has 3 heterocycles. The maximum atomic E-state index is 11.8. The molecule has 0 amide bonds. The van der Waals surface area contributed by atoms with E-state index in [4.69, 9.17) is 30.5 Å². The van der Waals surface area contributed by atoms with Gasteiger partial charge in [-0.05, 0) is 5.92 Å². The Bertz CT molecular complexity index is 1390. The van der Waals surface area contributed by atoms with Crippen LogP contribution in [0, 0.1) is 5.92 Å². The first kappa shape index (κ1) is 33.4. The number of ether oxygens (including phenoxy) is 1. The Labute approximate surface area is 222 Å². The number of H-pyrrole nitrogens is 1. The van der Waals surface area contributed by atoms with Crippen molar-refractivity contribution in [1.82, 2.24) is 19.5 Å². The first-order chi connectivity index (χ1) is 18.2.